The van der Waals surface area contributed by atoms with Crippen LogP contribution in [0.3, 0.4) is 0 Å². The largest absolute Gasteiger partial charge is 0.511 e. The average molecular weight is 611 g/mol. The number of hydrogen-bond acceptors (Lipinski definition) is 6. The van der Waals surface area contributed by atoms with E-state index in [-0.39, 0.29) is 39.1 Å². The number of aliphatic hydroxyl groups is 2. The number of hydrogen-bond donors (Lipinski definition) is 4. The van der Waals surface area contributed by atoms with Gasteiger partial charge in [0.1, 0.15) is 23.7 Å². The van der Waals surface area contributed by atoms with E-state index in [0.717, 1.165) is 55.5 Å². The second-order valence-corrected chi connectivity index (χ2v) is 7.77. The van der Waals surface area contributed by atoms with Crippen molar-refractivity contribution in [1.29, 1.82) is 10.5 Å². The molecule has 0 heterocycles. The van der Waals surface area contributed by atoms with Crippen molar-refractivity contribution in [3.8, 4) is 24.5 Å². The molecule has 0 unspecified atom stereocenters. The Morgan fingerprint density at radius 2 is 1.12 bits per heavy atom. The Morgan fingerprint density at radius 1 is 0.767 bits per heavy atom. The van der Waals surface area contributed by atoms with Crippen LogP contribution in [0.5, 0.6) is 0 Å². The van der Waals surface area contributed by atoms with Crippen molar-refractivity contribution < 1.29 is 46.1 Å². The second-order valence-electron chi connectivity index (χ2n) is 7.77. The highest BCUT2D eigenvalue weighted by atomic mass is 19.4. The number of nitrogens with zero attached hydrogens (tertiary/aromatic N) is 2. The normalized spacial score (nSPS) is 11.5. The van der Waals surface area contributed by atoms with Crippen LogP contribution in [0.1, 0.15) is 45.7 Å². The molecule has 0 saturated carbocycles. The SMILES string of the molecule is C.C.C#CCC/C(O)=C(\C#N)C(=O)Nc1ccc(C(F)(F)F)cc1.C/C(O)=C(\C#N)C(=O)Nc1ccc(C(F)(F)F)cc1. The summed E-state index contributed by atoms with van der Waals surface area (Å²) in [4.78, 5) is 23.3. The van der Waals surface area contributed by atoms with Crippen LogP contribution in [0, 0.1) is 35.0 Å². The fourth-order valence-electron chi connectivity index (χ4n) is 2.73. The minimum absolute atomic E-state index is 0. The van der Waals surface area contributed by atoms with Crippen LogP contribution in [0.15, 0.2) is 71.2 Å². The maximum Gasteiger partial charge on any atom is 0.416 e. The summed E-state index contributed by atoms with van der Waals surface area (Å²) in [7, 11) is 0. The maximum atomic E-state index is 12.4. The Bertz CT molecular complexity index is 1440. The number of benzene rings is 2. The van der Waals surface area contributed by atoms with Gasteiger partial charge < -0.3 is 20.8 Å². The number of nitrogens with one attached hydrogen (secondary N) is 2. The molecule has 43 heavy (non-hydrogen) atoms. The summed E-state index contributed by atoms with van der Waals surface area (Å²) < 4.78 is 74.1. The number of carbonyl (C=O) groups excluding carboxylic acids is 2. The summed E-state index contributed by atoms with van der Waals surface area (Å²) in [6.07, 6.45) is -3.82. The molecule has 0 aliphatic rings. The lowest BCUT2D eigenvalue weighted by Crippen LogP contribution is -2.15. The van der Waals surface area contributed by atoms with Gasteiger partial charge in [0.15, 0.2) is 11.1 Å². The zero-order chi connectivity index (χ0) is 31.4. The fraction of sp³-hybridized carbons (Fsp3) is 0.241. The van der Waals surface area contributed by atoms with Gasteiger partial charge in [-0.3, -0.25) is 9.59 Å². The lowest BCUT2D eigenvalue weighted by atomic mass is 10.1. The molecule has 2 aromatic rings. The van der Waals surface area contributed by atoms with Crippen LogP contribution < -0.4 is 10.6 Å². The van der Waals surface area contributed by atoms with Gasteiger partial charge >= 0.3 is 12.4 Å². The number of carbonyl (C=O) groups is 2. The molecule has 4 N–H and O–H groups in total. The summed E-state index contributed by atoms with van der Waals surface area (Å²) in [5.74, 6) is -0.495. The lowest BCUT2D eigenvalue weighted by Gasteiger charge is -2.09. The number of halogens is 6. The van der Waals surface area contributed by atoms with Crippen molar-refractivity contribution in [3.63, 3.8) is 0 Å². The molecular formula is C29H28F6N4O4. The minimum Gasteiger partial charge on any atom is -0.511 e. The smallest absolute Gasteiger partial charge is 0.416 e. The van der Waals surface area contributed by atoms with Crippen LogP contribution in [-0.2, 0) is 21.9 Å². The molecular weight excluding hydrogens is 582 g/mol. The molecule has 14 heteroatoms. The fourth-order valence-corrected chi connectivity index (χ4v) is 2.73. The van der Waals surface area contributed by atoms with Gasteiger partial charge in [-0.05, 0) is 55.5 Å². The van der Waals surface area contributed by atoms with Crippen LogP contribution in [0.2, 0.25) is 0 Å². The van der Waals surface area contributed by atoms with E-state index in [1.807, 2.05) is 0 Å². The molecule has 0 saturated heterocycles. The first-order valence-electron chi connectivity index (χ1n) is 11.1. The number of terminal acetylenes is 1. The zero-order valence-corrected chi connectivity index (χ0v) is 21.0. The van der Waals surface area contributed by atoms with E-state index in [1.165, 1.54) is 12.1 Å². The maximum absolute atomic E-state index is 12.4. The van der Waals surface area contributed by atoms with Gasteiger partial charge in [-0.15, -0.1) is 12.3 Å². The van der Waals surface area contributed by atoms with Gasteiger partial charge in [-0.25, -0.2) is 0 Å². The molecule has 0 bridgehead atoms. The highest BCUT2D eigenvalue weighted by Gasteiger charge is 2.31. The third-order valence-electron chi connectivity index (χ3n) is 4.77. The molecule has 0 atom stereocenters. The van der Waals surface area contributed by atoms with Gasteiger partial charge in [0, 0.05) is 24.2 Å². The Balaban J connectivity index is 0. The third kappa shape index (κ3) is 12.7. The predicted octanol–water partition coefficient (Wildman–Crippen LogP) is 7.66. The van der Waals surface area contributed by atoms with E-state index in [4.69, 9.17) is 22.1 Å². The zero-order valence-electron chi connectivity index (χ0n) is 21.0. The van der Waals surface area contributed by atoms with E-state index in [0.29, 0.717) is 0 Å². The first-order valence-corrected chi connectivity index (χ1v) is 11.1. The van der Waals surface area contributed by atoms with Crippen LogP contribution in [-0.4, -0.2) is 22.0 Å². The first-order chi connectivity index (χ1) is 19.0. The lowest BCUT2D eigenvalue weighted by molar-refractivity contribution is -0.138. The molecule has 2 rings (SSSR count). The van der Waals surface area contributed by atoms with E-state index >= 15 is 0 Å². The van der Waals surface area contributed by atoms with Crippen molar-refractivity contribution >= 4 is 23.2 Å². The average Bonchev–Trinajstić information content (AvgIpc) is 2.88. The molecule has 0 aliphatic carbocycles. The summed E-state index contributed by atoms with van der Waals surface area (Å²) in [6.45, 7) is 1.16. The minimum atomic E-state index is -4.48. The molecule has 0 aliphatic heterocycles. The van der Waals surface area contributed by atoms with Gasteiger partial charge in [-0.1, -0.05) is 14.9 Å². The molecule has 0 fully saturated rings. The van der Waals surface area contributed by atoms with E-state index in [9.17, 15) is 41.0 Å². The first kappa shape index (κ1) is 39.7. The Hall–Kier alpha value is -5.42. The highest BCUT2D eigenvalue weighted by molar-refractivity contribution is 6.07. The van der Waals surface area contributed by atoms with Crippen LogP contribution in [0.25, 0.3) is 0 Å². The number of aliphatic hydroxyl groups excluding tert-OH is 2. The van der Waals surface area contributed by atoms with Crippen LogP contribution in [0.4, 0.5) is 37.7 Å². The van der Waals surface area contributed by atoms with Crippen molar-refractivity contribution in [2.45, 2.75) is 47.0 Å². The summed E-state index contributed by atoms with van der Waals surface area (Å²) in [5.41, 5.74) is -2.59. The molecule has 8 nitrogen and oxygen atoms in total. The Labute approximate surface area is 244 Å². The molecule has 2 aromatic carbocycles. The second kappa shape index (κ2) is 17.4. The number of alkyl halides is 6. The number of amides is 2. The standard InChI is InChI=1S/C15H11F3N2O2.C12H9F3N2O2.2CH4/c1-2-3-4-13(21)12(9-19)14(22)20-11-7-5-10(6-8-11)15(16,17)18;1-7(18)10(6-16)11(19)17-9-4-2-8(3-5-9)12(13,14)15;;/h1,5-8,21H,3-4H2,(H,20,22);2-5,18H,1H3,(H,17,19);2*1H4/b13-12-;10-7-;;. The van der Waals surface area contributed by atoms with Gasteiger partial charge in [0.05, 0.1) is 11.1 Å². The van der Waals surface area contributed by atoms with E-state index in [2.05, 4.69) is 16.6 Å². The summed E-state index contributed by atoms with van der Waals surface area (Å²) in [6, 6.07) is 10.4. The van der Waals surface area contributed by atoms with Gasteiger partial charge in [-0.2, -0.15) is 36.9 Å². The number of allylic oxidation sites excluding steroid dienone is 2. The molecule has 0 aromatic heterocycles. The topological polar surface area (TPSA) is 146 Å². The highest BCUT2D eigenvalue weighted by Crippen LogP contribution is 2.31. The van der Waals surface area contributed by atoms with Crippen LogP contribution >= 0.6 is 0 Å². The Kier molecular flexibility index (Phi) is 16.1. The van der Waals surface area contributed by atoms with Crippen molar-refractivity contribution in [2.75, 3.05) is 10.6 Å². The quantitative estimate of drug-likeness (QED) is 0.0868. The number of rotatable bonds is 6. The Morgan fingerprint density at radius 3 is 1.40 bits per heavy atom. The molecule has 2 amide bonds. The van der Waals surface area contributed by atoms with Crippen molar-refractivity contribution in [1.82, 2.24) is 0 Å². The van der Waals surface area contributed by atoms with Crippen molar-refractivity contribution in [2.24, 2.45) is 0 Å². The van der Waals surface area contributed by atoms with Gasteiger partial charge in [0.25, 0.3) is 11.8 Å². The van der Waals surface area contributed by atoms with Gasteiger partial charge in [0.2, 0.25) is 0 Å². The molecule has 0 radical (unpaired) electrons. The summed E-state index contributed by atoms with van der Waals surface area (Å²) >= 11 is 0. The van der Waals surface area contributed by atoms with E-state index in [1.54, 1.807) is 0 Å². The number of nitriles is 2. The predicted molar refractivity (Wildman–Crippen MR) is 148 cm³/mol. The summed E-state index contributed by atoms with van der Waals surface area (Å²) in [5, 5.41) is 40.6. The monoisotopic (exact) mass is 610 g/mol. The van der Waals surface area contributed by atoms with E-state index < -0.39 is 58.0 Å². The van der Waals surface area contributed by atoms with Crippen molar-refractivity contribution in [3.05, 3.63) is 82.3 Å². The number of anilines is 2. The molecule has 230 valence electrons. The molecule has 0 spiro atoms. The third-order valence-corrected chi connectivity index (χ3v) is 4.77.